The summed E-state index contributed by atoms with van der Waals surface area (Å²) in [6.07, 6.45) is 4.00. The molecule has 0 amide bonds. The summed E-state index contributed by atoms with van der Waals surface area (Å²) in [5.41, 5.74) is 3.09. The number of esters is 1. The number of hydroxylamine groups is 1. The Labute approximate surface area is 162 Å². The second-order valence-electron chi connectivity index (χ2n) is 7.29. The SMILES string of the molecule is C=C(CCCCC)[C@H](OC(C)=O)[C@H](C)ON1CC(CCO)c2ccccc21. The normalized spacial score (nSPS) is 18.1. The van der Waals surface area contributed by atoms with Crippen molar-refractivity contribution >= 4 is 11.7 Å². The van der Waals surface area contributed by atoms with Gasteiger partial charge in [0.05, 0.1) is 12.2 Å². The van der Waals surface area contributed by atoms with Gasteiger partial charge in [0.2, 0.25) is 0 Å². The first-order valence-electron chi connectivity index (χ1n) is 9.96. The van der Waals surface area contributed by atoms with Crippen LogP contribution < -0.4 is 5.06 Å². The molecule has 2 rings (SSSR count). The summed E-state index contributed by atoms with van der Waals surface area (Å²) >= 11 is 0. The molecule has 1 N–H and O–H groups in total. The number of unbranched alkanes of at least 4 members (excludes halogenated alkanes) is 2. The Bertz CT molecular complexity index is 630. The third kappa shape index (κ3) is 5.81. The van der Waals surface area contributed by atoms with Crippen molar-refractivity contribution in [2.24, 2.45) is 0 Å². The van der Waals surface area contributed by atoms with Gasteiger partial charge in [0.25, 0.3) is 0 Å². The topological polar surface area (TPSA) is 59.0 Å². The Hall–Kier alpha value is -1.85. The molecule has 1 aromatic rings. The van der Waals surface area contributed by atoms with Crippen LogP contribution >= 0.6 is 0 Å². The van der Waals surface area contributed by atoms with Crippen LogP contribution in [0.4, 0.5) is 5.69 Å². The highest BCUT2D eigenvalue weighted by Crippen LogP contribution is 2.38. The molecule has 5 nitrogen and oxygen atoms in total. The van der Waals surface area contributed by atoms with Gasteiger partial charge in [-0.25, -0.2) is 0 Å². The maximum Gasteiger partial charge on any atom is 0.303 e. The van der Waals surface area contributed by atoms with Crippen LogP contribution in [0.5, 0.6) is 0 Å². The summed E-state index contributed by atoms with van der Waals surface area (Å²) in [5, 5.41) is 11.2. The van der Waals surface area contributed by atoms with Gasteiger partial charge in [-0.15, -0.1) is 0 Å². The van der Waals surface area contributed by atoms with E-state index in [4.69, 9.17) is 9.57 Å². The molecule has 3 atom stereocenters. The monoisotopic (exact) mass is 375 g/mol. The number of ether oxygens (including phenoxy) is 1. The Morgan fingerprint density at radius 1 is 1.37 bits per heavy atom. The first kappa shape index (κ1) is 21.5. The van der Waals surface area contributed by atoms with Crippen LogP contribution in [0.3, 0.4) is 0 Å². The van der Waals surface area contributed by atoms with Crippen LogP contribution in [-0.4, -0.2) is 36.4 Å². The van der Waals surface area contributed by atoms with E-state index in [-0.39, 0.29) is 24.6 Å². The summed E-state index contributed by atoms with van der Waals surface area (Å²) in [4.78, 5) is 17.8. The molecule has 0 fully saturated rings. The van der Waals surface area contributed by atoms with E-state index < -0.39 is 6.10 Å². The predicted octanol–water partition coefficient (Wildman–Crippen LogP) is 4.36. The number of aliphatic hydroxyl groups is 1. The van der Waals surface area contributed by atoms with Crippen LogP contribution in [0.1, 0.15) is 64.4 Å². The molecule has 5 heteroatoms. The molecule has 150 valence electrons. The molecular weight excluding hydrogens is 342 g/mol. The molecule has 0 radical (unpaired) electrons. The summed E-state index contributed by atoms with van der Waals surface area (Å²) in [6, 6.07) is 8.09. The van der Waals surface area contributed by atoms with Crippen LogP contribution in [-0.2, 0) is 14.4 Å². The van der Waals surface area contributed by atoms with Crippen molar-refractivity contribution in [3.8, 4) is 0 Å². The fourth-order valence-electron chi connectivity index (χ4n) is 3.65. The molecule has 27 heavy (non-hydrogen) atoms. The highest BCUT2D eigenvalue weighted by atomic mass is 16.7. The molecule has 1 aliphatic heterocycles. The number of carbonyl (C=O) groups is 1. The Morgan fingerprint density at radius 2 is 2.11 bits per heavy atom. The Balaban J connectivity index is 2.08. The van der Waals surface area contributed by atoms with Crippen LogP contribution in [0, 0.1) is 0 Å². The largest absolute Gasteiger partial charge is 0.455 e. The molecule has 0 aliphatic carbocycles. The lowest BCUT2D eigenvalue weighted by Gasteiger charge is -2.30. The van der Waals surface area contributed by atoms with E-state index in [2.05, 4.69) is 19.6 Å². The number of aliphatic hydroxyl groups excluding tert-OH is 1. The molecule has 0 saturated carbocycles. The molecule has 0 spiro atoms. The first-order valence-corrected chi connectivity index (χ1v) is 9.96. The Kier molecular flexibility index (Phi) is 8.32. The number of fused-ring (bicyclic) bond motifs is 1. The quantitative estimate of drug-likeness (QED) is 0.354. The third-order valence-electron chi connectivity index (χ3n) is 5.03. The van der Waals surface area contributed by atoms with Gasteiger partial charge in [-0.3, -0.25) is 14.7 Å². The van der Waals surface area contributed by atoms with Crippen molar-refractivity contribution < 1.29 is 19.5 Å². The number of carbonyl (C=O) groups excluding carboxylic acids is 1. The zero-order chi connectivity index (χ0) is 19.8. The van der Waals surface area contributed by atoms with Gasteiger partial charge >= 0.3 is 5.97 Å². The molecular formula is C22H33NO4. The van der Waals surface area contributed by atoms with Gasteiger partial charge in [0.15, 0.2) is 6.10 Å². The van der Waals surface area contributed by atoms with E-state index >= 15 is 0 Å². The van der Waals surface area contributed by atoms with E-state index in [1.807, 2.05) is 30.2 Å². The molecule has 1 aliphatic rings. The van der Waals surface area contributed by atoms with Crippen molar-refractivity contribution in [2.75, 3.05) is 18.2 Å². The van der Waals surface area contributed by atoms with Crippen molar-refractivity contribution in [1.82, 2.24) is 0 Å². The van der Waals surface area contributed by atoms with Crippen LogP contribution in [0.2, 0.25) is 0 Å². The van der Waals surface area contributed by atoms with E-state index in [0.717, 1.165) is 36.9 Å². The number of para-hydroxylation sites is 1. The zero-order valence-corrected chi connectivity index (χ0v) is 16.8. The van der Waals surface area contributed by atoms with E-state index in [1.165, 1.54) is 12.5 Å². The molecule has 1 aromatic carbocycles. The van der Waals surface area contributed by atoms with Gasteiger partial charge in [-0.2, -0.15) is 0 Å². The summed E-state index contributed by atoms with van der Waals surface area (Å²) < 4.78 is 5.55. The molecule has 1 heterocycles. The molecule has 0 aromatic heterocycles. The van der Waals surface area contributed by atoms with E-state index in [9.17, 15) is 9.90 Å². The van der Waals surface area contributed by atoms with E-state index in [1.54, 1.807) is 0 Å². The number of benzene rings is 1. The first-order chi connectivity index (χ1) is 13.0. The smallest absolute Gasteiger partial charge is 0.303 e. The van der Waals surface area contributed by atoms with Crippen LogP contribution in [0.25, 0.3) is 0 Å². The van der Waals surface area contributed by atoms with Gasteiger partial charge < -0.3 is 9.84 Å². The third-order valence-corrected chi connectivity index (χ3v) is 5.03. The summed E-state index contributed by atoms with van der Waals surface area (Å²) in [6.45, 7) is 10.5. The van der Waals surface area contributed by atoms with Crippen molar-refractivity contribution in [3.05, 3.63) is 42.0 Å². The average Bonchev–Trinajstić information content (AvgIpc) is 2.97. The lowest BCUT2D eigenvalue weighted by molar-refractivity contribution is -0.151. The number of anilines is 1. The van der Waals surface area contributed by atoms with Crippen molar-refractivity contribution in [3.63, 3.8) is 0 Å². The molecule has 1 unspecified atom stereocenters. The number of nitrogens with zero attached hydrogens (tertiary/aromatic N) is 1. The minimum Gasteiger partial charge on any atom is -0.455 e. The maximum atomic E-state index is 11.6. The minimum absolute atomic E-state index is 0.146. The second-order valence-corrected chi connectivity index (χ2v) is 7.29. The number of hydrogen-bond acceptors (Lipinski definition) is 5. The Morgan fingerprint density at radius 3 is 2.78 bits per heavy atom. The van der Waals surface area contributed by atoms with Crippen molar-refractivity contribution in [1.29, 1.82) is 0 Å². The van der Waals surface area contributed by atoms with Gasteiger partial charge in [0, 0.05) is 19.4 Å². The van der Waals surface area contributed by atoms with Gasteiger partial charge in [-0.1, -0.05) is 44.5 Å². The zero-order valence-electron chi connectivity index (χ0n) is 16.8. The number of rotatable bonds is 11. The highest BCUT2D eigenvalue weighted by molar-refractivity contribution is 5.66. The molecule has 0 bridgehead atoms. The van der Waals surface area contributed by atoms with E-state index in [0.29, 0.717) is 13.0 Å². The number of hydrogen-bond donors (Lipinski definition) is 1. The van der Waals surface area contributed by atoms with Gasteiger partial charge in [-0.05, 0) is 43.4 Å². The molecule has 0 saturated heterocycles. The summed E-state index contributed by atoms with van der Waals surface area (Å²) in [5.74, 6) is -0.0922. The predicted molar refractivity (Wildman–Crippen MR) is 108 cm³/mol. The minimum atomic E-state index is -0.469. The fourth-order valence-corrected chi connectivity index (χ4v) is 3.65. The highest BCUT2D eigenvalue weighted by Gasteiger charge is 2.33. The maximum absolute atomic E-state index is 11.6. The fraction of sp³-hybridized carbons (Fsp3) is 0.591. The average molecular weight is 376 g/mol. The van der Waals surface area contributed by atoms with Crippen LogP contribution in [0.15, 0.2) is 36.4 Å². The summed E-state index contributed by atoms with van der Waals surface area (Å²) in [7, 11) is 0. The lowest BCUT2D eigenvalue weighted by Crippen LogP contribution is -2.38. The lowest BCUT2D eigenvalue weighted by atomic mass is 9.99. The van der Waals surface area contributed by atoms with Crippen molar-refractivity contribution in [2.45, 2.75) is 71.0 Å². The standard InChI is InChI=1S/C22H33NO4/c1-5-6-7-10-16(2)22(26-18(4)25)17(3)27-23-15-19(13-14-24)20-11-8-9-12-21(20)23/h8-9,11-12,17,19,22,24H,2,5-7,10,13-15H2,1,3-4H3/t17-,19?,22-/m0/s1. The second kappa shape index (κ2) is 10.5. The van der Waals surface area contributed by atoms with Gasteiger partial charge in [0.1, 0.15) is 6.10 Å².